The summed E-state index contributed by atoms with van der Waals surface area (Å²) in [6.45, 7) is 3.14. The summed E-state index contributed by atoms with van der Waals surface area (Å²) in [5, 5.41) is 4.95. The molecule has 1 saturated heterocycles. The summed E-state index contributed by atoms with van der Waals surface area (Å²) in [7, 11) is 0. The van der Waals surface area contributed by atoms with Crippen molar-refractivity contribution < 1.29 is 0 Å². The van der Waals surface area contributed by atoms with Crippen molar-refractivity contribution in [1.82, 2.24) is 15.2 Å². The fourth-order valence-corrected chi connectivity index (χ4v) is 3.63. The maximum absolute atomic E-state index is 5.70. The molecule has 16 heavy (non-hydrogen) atoms. The fourth-order valence-electron chi connectivity index (χ4n) is 2.25. The van der Waals surface area contributed by atoms with E-state index in [1.54, 1.807) is 0 Å². The molecule has 1 aromatic heterocycles. The first kappa shape index (κ1) is 12.0. The Morgan fingerprint density at radius 3 is 3.25 bits per heavy atom. The average molecular weight is 240 g/mol. The molecule has 2 heterocycles. The van der Waals surface area contributed by atoms with Crippen LogP contribution in [0.25, 0.3) is 0 Å². The van der Waals surface area contributed by atoms with Crippen LogP contribution in [-0.4, -0.2) is 20.8 Å². The van der Waals surface area contributed by atoms with Crippen LogP contribution in [0.5, 0.6) is 0 Å². The van der Waals surface area contributed by atoms with Gasteiger partial charge in [-0.15, -0.1) is 0 Å². The van der Waals surface area contributed by atoms with Gasteiger partial charge >= 0.3 is 0 Å². The molecule has 0 saturated carbocycles. The first-order chi connectivity index (χ1) is 7.86. The van der Waals surface area contributed by atoms with Crippen LogP contribution < -0.4 is 11.3 Å². The van der Waals surface area contributed by atoms with Crippen molar-refractivity contribution >= 4 is 11.8 Å². The van der Waals surface area contributed by atoms with E-state index in [2.05, 4.69) is 28.2 Å². The minimum atomic E-state index is 0.238. The summed E-state index contributed by atoms with van der Waals surface area (Å²) in [4.78, 5) is 0. The van der Waals surface area contributed by atoms with Gasteiger partial charge < -0.3 is 0 Å². The normalized spacial score (nSPS) is 22.5. The van der Waals surface area contributed by atoms with Crippen LogP contribution in [0.3, 0.4) is 0 Å². The molecular weight excluding hydrogens is 220 g/mol. The van der Waals surface area contributed by atoms with E-state index in [0.717, 1.165) is 13.0 Å². The van der Waals surface area contributed by atoms with Gasteiger partial charge in [-0.2, -0.15) is 16.9 Å². The van der Waals surface area contributed by atoms with Crippen molar-refractivity contribution in [3.63, 3.8) is 0 Å². The van der Waals surface area contributed by atoms with Gasteiger partial charge in [0.1, 0.15) is 0 Å². The number of aryl methyl sites for hydroxylation is 1. The topological polar surface area (TPSA) is 55.9 Å². The highest BCUT2D eigenvalue weighted by Crippen LogP contribution is 2.35. The van der Waals surface area contributed by atoms with Crippen LogP contribution in [0.1, 0.15) is 37.9 Å². The summed E-state index contributed by atoms with van der Waals surface area (Å²) >= 11 is 2.02. The summed E-state index contributed by atoms with van der Waals surface area (Å²) < 4.78 is 2.07. The molecule has 0 spiro atoms. The van der Waals surface area contributed by atoms with Crippen molar-refractivity contribution in [3.05, 3.63) is 18.0 Å². The smallest absolute Gasteiger partial charge is 0.0747 e. The molecule has 0 aromatic carbocycles. The third kappa shape index (κ3) is 2.42. The lowest BCUT2D eigenvalue weighted by Crippen LogP contribution is -2.35. The van der Waals surface area contributed by atoms with Gasteiger partial charge in [-0.05, 0) is 31.1 Å². The lowest BCUT2D eigenvalue weighted by Gasteiger charge is -2.22. The largest absolute Gasteiger partial charge is 0.271 e. The predicted octanol–water partition coefficient (Wildman–Crippen LogP) is 1.69. The van der Waals surface area contributed by atoms with E-state index in [1.165, 1.54) is 24.3 Å². The maximum Gasteiger partial charge on any atom is 0.0747 e. The molecule has 1 aliphatic rings. The lowest BCUT2D eigenvalue weighted by atomic mass is 10.1. The van der Waals surface area contributed by atoms with Crippen LogP contribution in [-0.2, 0) is 6.54 Å². The molecule has 0 aliphatic carbocycles. The Morgan fingerprint density at radius 1 is 1.75 bits per heavy atom. The van der Waals surface area contributed by atoms with E-state index in [1.807, 2.05) is 18.0 Å². The molecule has 1 aliphatic heterocycles. The molecule has 0 radical (unpaired) electrons. The minimum Gasteiger partial charge on any atom is -0.271 e. The summed E-state index contributed by atoms with van der Waals surface area (Å²) in [5.41, 5.74) is 4.19. The summed E-state index contributed by atoms with van der Waals surface area (Å²) in [5.74, 6) is 6.96. The second kappa shape index (κ2) is 5.70. The number of nitrogens with two attached hydrogens (primary N) is 1. The molecule has 4 nitrogen and oxygen atoms in total. The van der Waals surface area contributed by atoms with Gasteiger partial charge in [-0.25, -0.2) is 0 Å². The zero-order valence-electron chi connectivity index (χ0n) is 9.72. The monoisotopic (exact) mass is 240 g/mol. The van der Waals surface area contributed by atoms with Crippen molar-refractivity contribution in [1.29, 1.82) is 0 Å². The number of aromatic nitrogens is 2. The van der Waals surface area contributed by atoms with Crippen molar-refractivity contribution in [2.75, 3.05) is 5.75 Å². The third-order valence-electron chi connectivity index (χ3n) is 3.02. The zero-order valence-corrected chi connectivity index (χ0v) is 10.5. The van der Waals surface area contributed by atoms with Crippen LogP contribution in [0, 0.1) is 0 Å². The number of nitrogens with zero attached hydrogens (tertiary/aromatic N) is 2. The van der Waals surface area contributed by atoms with E-state index in [4.69, 9.17) is 5.84 Å². The Kier molecular flexibility index (Phi) is 4.26. The summed E-state index contributed by atoms with van der Waals surface area (Å²) in [6, 6.07) is 2.32. The van der Waals surface area contributed by atoms with Crippen LogP contribution in [0.4, 0.5) is 0 Å². The van der Waals surface area contributed by atoms with E-state index >= 15 is 0 Å². The van der Waals surface area contributed by atoms with Gasteiger partial charge in [-0.3, -0.25) is 16.0 Å². The van der Waals surface area contributed by atoms with E-state index in [-0.39, 0.29) is 6.04 Å². The quantitative estimate of drug-likeness (QED) is 0.607. The maximum atomic E-state index is 5.70. The third-order valence-corrected chi connectivity index (χ3v) is 4.48. The molecule has 1 fully saturated rings. The van der Waals surface area contributed by atoms with Gasteiger partial charge in [0.15, 0.2) is 0 Å². The molecule has 2 rings (SSSR count). The predicted molar refractivity (Wildman–Crippen MR) is 68.1 cm³/mol. The second-order valence-electron chi connectivity index (χ2n) is 4.18. The number of hydrogen-bond acceptors (Lipinski definition) is 4. The van der Waals surface area contributed by atoms with Crippen molar-refractivity contribution in [2.24, 2.45) is 5.84 Å². The van der Waals surface area contributed by atoms with E-state index in [9.17, 15) is 0 Å². The van der Waals surface area contributed by atoms with Crippen LogP contribution >= 0.6 is 11.8 Å². The first-order valence-corrected chi connectivity index (χ1v) is 7.01. The molecule has 5 heteroatoms. The molecule has 0 amide bonds. The highest BCUT2D eigenvalue weighted by Gasteiger charge is 2.28. The van der Waals surface area contributed by atoms with Crippen LogP contribution in [0.2, 0.25) is 0 Å². The zero-order chi connectivity index (χ0) is 11.4. The van der Waals surface area contributed by atoms with Crippen LogP contribution in [0.15, 0.2) is 12.3 Å². The molecular formula is C11H20N4S. The van der Waals surface area contributed by atoms with E-state index in [0.29, 0.717) is 5.25 Å². The minimum absolute atomic E-state index is 0.238. The Morgan fingerprint density at radius 2 is 2.62 bits per heavy atom. The SMILES string of the molecule is CCCn1nccc1C(NN)C1CCCS1. The molecule has 0 bridgehead atoms. The van der Waals surface area contributed by atoms with Crippen molar-refractivity contribution in [2.45, 2.75) is 44.0 Å². The number of thioether (sulfide) groups is 1. The molecule has 2 unspecified atom stereocenters. The average Bonchev–Trinajstić information content (AvgIpc) is 2.92. The Labute approximate surface area is 101 Å². The lowest BCUT2D eigenvalue weighted by molar-refractivity contribution is 0.461. The summed E-state index contributed by atoms with van der Waals surface area (Å²) in [6.07, 6.45) is 5.52. The Balaban J connectivity index is 2.15. The Bertz CT molecular complexity index is 320. The first-order valence-electron chi connectivity index (χ1n) is 5.96. The number of rotatable bonds is 5. The van der Waals surface area contributed by atoms with Gasteiger partial charge in [0, 0.05) is 18.0 Å². The highest BCUT2D eigenvalue weighted by atomic mass is 32.2. The second-order valence-corrected chi connectivity index (χ2v) is 5.52. The molecule has 2 atom stereocenters. The highest BCUT2D eigenvalue weighted by molar-refractivity contribution is 8.00. The number of hydrazine groups is 1. The Hall–Kier alpha value is -0.520. The fraction of sp³-hybridized carbons (Fsp3) is 0.727. The molecule has 90 valence electrons. The standard InChI is InChI=1S/C11H20N4S/c1-2-7-15-9(5-6-13-15)11(14-12)10-4-3-8-16-10/h5-6,10-11,14H,2-4,7-8,12H2,1H3. The number of nitrogens with one attached hydrogen (secondary N) is 1. The van der Waals surface area contributed by atoms with Gasteiger partial charge in [0.05, 0.1) is 11.7 Å². The van der Waals surface area contributed by atoms with Gasteiger partial charge in [0.25, 0.3) is 0 Å². The van der Waals surface area contributed by atoms with Gasteiger partial charge in [-0.1, -0.05) is 6.92 Å². The molecule has 3 N–H and O–H groups in total. The van der Waals surface area contributed by atoms with Crippen molar-refractivity contribution in [3.8, 4) is 0 Å². The van der Waals surface area contributed by atoms with E-state index < -0.39 is 0 Å². The number of hydrogen-bond donors (Lipinski definition) is 2. The van der Waals surface area contributed by atoms with Gasteiger partial charge in [0.2, 0.25) is 0 Å². The molecule has 1 aromatic rings.